The molecule has 0 aromatic heterocycles. The van der Waals surface area contributed by atoms with Gasteiger partial charge in [0.1, 0.15) is 12.4 Å². The first kappa shape index (κ1) is 18.7. The average molecular weight is 379 g/mol. The van der Waals surface area contributed by atoms with Gasteiger partial charge in [-0.15, -0.1) is 0 Å². The number of hydrazone groups is 1. The molecule has 1 amide bonds. The zero-order valence-electron chi connectivity index (χ0n) is 14.9. The summed E-state index contributed by atoms with van der Waals surface area (Å²) in [5.41, 5.74) is 5.70. The van der Waals surface area contributed by atoms with E-state index in [-0.39, 0.29) is 5.91 Å². The molecule has 0 radical (unpaired) electrons. The van der Waals surface area contributed by atoms with Gasteiger partial charge in [-0.2, -0.15) is 5.10 Å². The first-order valence-electron chi connectivity index (χ1n) is 8.49. The highest BCUT2D eigenvalue weighted by Crippen LogP contribution is 2.21. The van der Waals surface area contributed by atoms with Crippen LogP contribution in [0.3, 0.4) is 0 Å². The number of hydrogen-bond donors (Lipinski definition) is 1. The van der Waals surface area contributed by atoms with E-state index in [4.69, 9.17) is 16.3 Å². The fourth-order valence-corrected chi connectivity index (χ4v) is 2.73. The Balaban J connectivity index is 1.67. The van der Waals surface area contributed by atoms with Crippen LogP contribution in [0.15, 0.2) is 77.9 Å². The van der Waals surface area contributed by atoms with Crippen molar-refractivity contribution in [2.45, 2.75) is 13.5 Å². The zero-order valence-corrected chi connectivity index (χ0v) is 15.6. The van der Waals surface area contributed by atoms with Crippen LogP contribution in [0.2, 0.25) is 5.02 Å². The first-order chi connectivity index (χ1) is 13.1. The smallest absolute Gasteiger partial charge is 0.271 e. The summed E-state index contributed by atoms with van der Waals surface area (Å²) in [5, 5.41) is 4.72. The van der Waals surface area contributed by atoms with Crippen LogP contribution in [0.25, 0.3) is 0 Å². The van der Waals surface area contributed by atoms with Crippen molar-refractivity contribution in [1.82, 2.24) is 5.43 Å². The molecule has 0 heterocycles. The molecule has 0 spiro atoms. The Bertz CT molecular complexity index is 970. The van der Waals surface area contributed by atoms with Gasteiger partial charge in [0.05, 0.1) is 6.21 Å². The molecule has 0 unspecified atom stereocenters. The number of benzene rings is 3. The number of rotatable bonds is 6. The Labute approximate surface area is 163 Å². The fraction of sp³-hybridized carbons (Fsp3) is 0.0909. The molecule has 5 heteroatoms. The number of nitrogens with zero attached hydrogens (tertiary/aromatic N) is 1. The lowest BCUT2D eigenvalue weighted by atomic mass is 10.1. The van der Waals surface area contributed by atoms with Crippen LogP contribution in [0.1, 0.15) is 27.0 Å². The van der Waals surface area contributed by atoms with Gasteiger partial charge in [0, 0.05) is 21.7 Å². The molecular weight excluding hydrogens is 360 g/mol. The number of carbonyl (C=O) groups is 1. The Morgan fingerprint density at radius 1 is 1.04 bits per heavy atom. The van der Waals surface area contributed by atoms with E-state index in [9.17, 15) is 4.79 Å². The standard InChI is InChI=1S/C22H19ClN2O2/c1-16-8-2-5-11-19(16)22(26)25-24-14-17-9-4-7-13-21(17)27-15-18-10-3-6-12-20(18)23/h2-14H,15H2,1H3,(H,25,26)/b24-14-. The van der Waals surface area contributed by atoms with E-state index in [2.05, 4.69) is 10.5 Å². The summed E-state index contributed by atoms with van der Waals surface area (Å²) < 4.78 is 5.88. The third-order valence-corrected chi connectivity index (χ3v) is 4.39. The van der Waals surface area contributed by atoms with Gasteiger partial charge in [0.25, 0.3) is 5.91 Å². The van der Waals surface area contributed by atoms with Crippen molar-refractivity contribution >= 4 is 23.7 Å². The molecule has 27 heavy (non-hydrogen) atoms. The summed E-state index contributed by atoms with van der Waals surface area (Å²) in [5.74, 6) is 0.408. The maximum atomic E-state index is 12.2. The number of ether oxygens (including phenoxy) is 1. The molecule has 136 valence electrons. The molecule has 0 saturated carbocycles. The lowest BCUT2D eigenvalue weighted by Gasteiger charge is -2.10. The number of para-hydroxylation sites is 1. The summed E-state index contributed by atoms with van der Waals surface area (Å²) >= 11 is 6.17. The van der Waals surface area contributed by atoms with E-state index in [1.54, 1.807) is 12.3 Å². The van der Waals surface area contributed by atoms with Crippen LogP contribution in [0.4, 0.5) is 0 Å². The lowest BCUT2D eigenvalue weighted by molar-refractivity contribution is 0.0954. The van der Waals surface area contributed by atoms with E-state index in [0.717, 1.165) is 16.7 Å². The normalized spacial score (nSPS) is 10.7. The van der Waals surface area contributed by atoms with Crippen molar-refractivity contribution in [1.29, 1.82) is 0 Å². The van der Waals surface area contributed by atoms with Gasteiger partial charge >= 0.3 is 0 Å². The van der Waals surface area contributed by atoms with Crippen molar-refractivity contribution in [3.05, 3.63) is 100 Å². The topological polar surface area (TPSA) is 50.7 Å². The van der Waals surface area contributed by atoms with Crippen LogP contribution in [-0.2, 0) is 6.61 Å². The minimum absolute atomic E-state index is 0.251. The van der Waals surface area contributed by atoms with Crippen LogP contribution in [0, 0.1) is 6.92 Å². The quantitative estimate of drug-likeness (QED) is 0.485. The molecule has 0 saturated heterocycles. The predicted octanol–water partition coefficient (Wildman–Crippen LogP) is 4.99. The van der Waals surface area contributed by atoms with E-state index >= 15 is 0 Å². The van der Waals surface area contributed by atoms with Gasteiger partial charge in [-0.05, 0) is 36.8 Å². The summed E-state index contributed by atoms with van der Waals surface area (Å²) in [4.78, 5) is 12.2. The van der Waals surface area contributed by atoms with Crippen LogP contribution >= 0.6 is 11.6 Å². The number of aryl methyl sites for hydroxylation is 1. The minimum atomic E-state index is -0.251. The third kappa shape index (κ3) is 4.96. The van der Waals surface area contributed by atoms with Crippen molar-refractivity contribution in [3.8, 4) is 5.75 Å². The molecule has 3 aromatic carbocycles. The van der Waals surface area contributed by atoms with Gasteiger partial charge in [0.2, 0.25) is 0 Å². The Hall–Kier alpha value is -3.11. The molecule has 0 fully saturated rings. The molecule has 0 bridgehead atoms. The monoisotopic (exact) mass is 378 g/mol. The second-order valence-corrected chi connectivity index (χ2v) is 6.34. The zero-order chi connectivity index (χ0) is 19.1. The Kier molecular flexibility index (Phi) is 6.23. The molecule has 0 aliphatic rings. The third-order valence-electron chi connectivity index (χ3n) is 4.02. The number of halogens is 1. The molecule has 1 N–H and O–H groups in total. The molecule has 0 aliphatic carbocycles. The lowest BCUT2D eigenvalue weighted by Crippen LogP contribution is -2.18. The summed E-state index contributed by atoms with van der Waals surface area (Å²) in [6, 6.07) is 22.4. The van der Waals surface area contributed by atoms with Crippen LogP contribution in [-0.4, -0.2) is 12.1 Å². The second-order valence-electron chi connectivity index (χ2n) is 5.93. The average Bonchev–Trinajstić information content (AvgIpc) is 2.68. The number of hydrogen-bond acceptors (Lipinski definition) is 3. The molecule has 0 atom stereocenters. The number of nitrogens with one attached hydrogen (secondary N) is 1. The van der Waals surface area contributed by atoms with Gasteiger partial charge in [-0.25, -0.2) is 5.43 Å². The van der Waals surface area contributed by atoms with Crippen LogP contribution in [0.5, 0.6) is 5.75 Å². The summed E-state index contributed by atoms with van der Waals surface area (Å²) in [6.45, 7) is 2.23. The predicted molar refractivity (Wildman–Crippen MR) is 108 cm³/mol. The molecule has 0 aliphatic heterocycles. The first-order valence-corrected chi connectivity index (χ1v) is 8.87. The Morgan fingerprint density at radius 2 is 1.74 bits per heavy atom. The highest BCUT2D eigenvalue weighted by molar-refractivity contribution is 6.31. The van der Waals surface area contributed by atoms with Crippen molar-refractivity contribution in [3.63, 3.8) is 0 Å². The van der Waals surface area contributed by atoms with Crippen molar-refractivity contribution < 1.29 is 9.53 Å². The van der Waals surface area contributed by atoms with E-state index in [1.807, 2.05) is 73.7 Å². The SMILES string of the molecule is Cc1ccccc1C(=O)N/N=C\c1ccccc1OCc1ccccc1Cl. The minimum Gasteiger partial charge on any atom is -0.488 e. The number of amides is 1. The van der Waals surface area contributed by atoms with Crippen LogP contribution < -0.4 is 10.2 Å². The van der Waals surface area contributed by atoms with Gasteiger partial charge in [0.15, 0.2) is 0 Å². The van der Waals surface area contributed by atoms with Crippen molar-refractivity contribution in [2.24, 2.45) is 5.10 Å². The van der Waals surface area contributed by atoms with E-state index in [1.165, 1.54) is 0 Å². The summed E-state index contributed by atoms with van der Waals surface area (Å²) in [6.07, 6.45) is 1.57. The van der Waals surface area contributed by atoms with Gasteiger partial charge < -0.3 is 4.74 Å². The highest BCUT2D eigenvalue weighted by atomic mass is 35.5. The molecular formula is C22H19ClN2O2. The van der Waals surface area contributed by atoms with Crippen molar-refractivity contribution in [2.75, 3.05) is 0 Å². The maximum Gasteiger partial charge on any atom is 0.271 e. The molecule has 4 nitrogen and oxygen atoms in total. The largest absolute Gasteiger partial charge is 0.488 e. The Morgan fingerprint density at radius 3 is 2.56 bits per heavy atom. The molecule has 3 rings (SSSR count). The summed E-state index contributed by atoms with van der Waals surface area (Å²) in [7, 11) is 0. The number of carbonyl (C=O) groups excluding carboxylic acids is 1. The second kappa shape index (κ2) is 9.01. The molecule has 3 aromatic rings. The van der Waals surface area contributed by atoms with Gasteiger partial charge in [-0.1, -0.05) is 60.1 Å². The fourth-order valence-electron chi connectivity index (χ4n) is 2.54. The van der Waals surface area contributed by atoms with E-state index < -0.39 is 0 Å². The van der Waals surface area contributed by atoms with E-state index in [0.29, 0.717) is 22.9 Å². The highest BCUT2D eigenvalue weighted by Gasteiger charge is 2.07. The van der Waals surface area contributed by atoms with Gasteiger partial charge in [-0.3, -0.25) is 4.79 Å². The maximum absolute atomic E-state index is 12.2.